The van der Waals surface area contributed by atoms with Crippen LogP contribution in [0.2, 0.25) is 0 Å². The minimum Gasteiger partial charge on any atom is -0.360 e. The molecule has 0 bridgehead atoms. The molecule has 18 heavy (non-hydrogen) atoms. The first kappa shape index (κ1) is 12.3. The number of nitrogens with one attached hydrogen (secondary N) is 1. The predicted molar refractivity (Wildman–Crippen MR) is 63.3 cm³/mol. The third kappa shape index (κ3) is 2.56. The van der Waals surface area contributed by atoms with Gasteiger partial charge in [0.15, 0.2) is 6.10 Å². The van der Waals surface area contributed by atoms with Crippen LogP contribution >= 0.6 is 0 Å². The summed E-state index contributed by atoms with van der Waals surface area (Å²) in [5, 5.41) is 8.79. The van der Waals surface area contributed by atoms with Crippen molar-refractivity contribution in [1.82, 2.24) is 9.88 Å². The number of rotatable bonds is 2. The lowest BCUT2D eigenvalue weighted by Crippen LogP contribution is -2.45. The Morgan fingerprint density at radius 3 is 3.28 bits per heavy atom. The number of anilines is 1. The molecule has 0 radical (unpaired) electrons. The molecule has 1 aromatic heterocycles. The van der Waals surface area contributed by atoms with Crippen molar-refractivity contribution >= 4 is 11.6 Å². The first-order valence-electron chi connectivity index (χ1n) is 5.47. The Morgan fingerprint density at radius 1 is 1.72 bits per heavy atom. The number of morpholine rings is 1. The van der Waals surface area contributed by atoms with E-state index in [4.69, 9.17) is 15.8 Å². The summed E-state index contributed by atoms with van der Waals surface area (Å²) in [5.41, 5.74) is 3.36. The third-order valence-electron chi connectivity index (χ3n) is 2.64. The lowest BCUT2D eigenvalue weighted by molar-refractivity contribution is 0.00320. The average Bonchev–Trinajstić information content (AvgIpc) is 2.46. The number of nitrogens with two attached hydrogens (primary N) is 1. The predicted octanol–water partition coefficient (Wildman–Crippen LogP) is -0.268. The van der Waals surface area contributed by atoms with Crippen LogP contribution in [-0.2, 0) is 4.74 Å². The van der Waals surface area contributed by atoms with Crippen LogP contribution in [0.25, 0.3) is 0 Å². The van der Waals surface area contributed by atoms with E-state index in [0.29, 0.717) is 24.5 Å². The van der Waals surface area contributed by atoms with Gasteiger partial charge in [-0.05, 0) is 12.1 Å². The molecule has 1 aliphatic rings. The fourth-order valence-electron chi connectivity index (χ4n) is 1.71. The molecule has 94 valence electrons. The van der Waals surface area contributed by atoms with Gasteiger partial charge >= 0.3 is 0 Å². The number of nitrogen functional groups attached to an aromatic ring is 1. The zero-order valence-corrected chi connectivity index (χ0v) is 9.67. The molecule has 1 atom stereocenters. The number of pyridine rings is 1. The third-order valence-corrected chi connectivity index (χ3v) is 2.64. The van der Waals surface area contributed by atoms with Crippen molar-refractivity contribution in [2.45, 2.75) is 6.10 Å². The summed E-state index contributed by atoms with van der Waals surface area (Å²) in [4.78, 5) is 17.7. The normalized spacial score (nSPS) is 19.1. The van der Waals surface area contributed by atoms with E-state index in [1.807, 2.05) is 6.07 Å². The molecule has 1 aromatic rings. The van der Waals surface area contributed by atoms with E-state index in [1.54, 1.807) is 17.0 Å². The number of hydrazine groups is 1. The molecule has 0 aromatic carbocycles. The summed E-state index contributed by atoms with van der Waals surface area (Å²) in [7, 11) is 0. The Bertz CT molecular complexity index is 485. The van der Waals surface area contributed by atoms with Gasteiger partial charge in [-0.1, -0.05) is 0 Å². The maximum absolute atomic E-state index is 12.2. The van der Waals surface area contributed by atoms with E-state index in [1.165, 1.54) is 6.20 Å². The van der Waals surface area contributed by atoms with E-state index in [9.17, 15) is 4.79 Å². The summed E-state index contributed by atoms with van der Waals surface area (Å²) in [5.74, 6) is 5.05. The minimum absolute atomic E-state index is 0.226. The zero-order chi connectivity index (χ0) is 13.0. The van der Waals surface area contributed by atoms with Crippen molar-refractivity contribution in [2.75, 3.05) is 25.1 Å². The van der Waals surface area contributed by atoms with Gasteiger partial charge in [-0.2, -0.15) is 5.26 Å². The Morgan fingerprint density at radius 2 is 2.56 bits per heavy atom. The van der Waals surface area contributed by atoms with Gasteiger partial charge in [-0.15, -0.1) is 0 Å². The van der Waals surface area contributed by atoms with Gasteiger partial charge in [-0.3, -0.25) is 15.6 Å². The number of nitriles is 1. The topological polar surface area (TPSA) is 104 Å². The summed E-state index contributed by atoms with van der Waals surface area (Å²) in [6.45, 7) is 1.08. The lowest BCUT2D eigenvalue weighted by Gasteiger charge is -2.29. The highest BCUT2D eigenvalue weighted by Crippen LogP contribution is 2.12. The number of hydrogen-bond acceptors (Lipinski definition) is 6. The monoisotopic (exact) mass is 247 g/mol. The Kier molecular flexibility index (Phi) is 3.72. The van der Waals surface area contributed by atoms with E-state index < -0.39 is 6.10 Å². The standard InChI is InChI=1S/C11H13N5O2/c12-6-9-7-16(3-4-18-9)11(17)10-5-8(15-13)1-2-14-10/h1-2,5,9H,3-4,7,13H2,(H,14,15). The number of carbonyl (C=O) groups excluding carboxylic acids is 1. The largest absolute Gasteiger partial charge is 0.360 e. The maximum Gasteiger partial charge on any atom is 0.272 e. The van der Waals surface area contributed by atoms with Gasteiger partial charge in [-0.25, -0.2) is 0 Å². The van der Waals surface area contributed by atoms with E-state index in [2.05, 4.69) is 10.4 Å². The molecule has 1 amide bonds. The highest BCUT2D eigenvalue weighted by Gasteiger charge is 2.25. The van der Waals surface area contributed by atoms with Gasteiger partial charge in [0.1, 0.15) is 5.69 Å². The van der Waals surface area contributed by atoms with Crippen molar-refractivity contribution in [3.8, 4) is 6.07 Å². The highest BCUT2D eigenvalue weighted by atomic mass is 16.5. The van der Waals surface area contributed by atoms with Crippen molar-refractivity contribution < 1.29 is 9.53 Å². The quantitative estimate of drug-likeness (QED) is 0.550. The van der Waals surface area contributed by atoms with E-state index >= 15 is 0 Å². The molecule has 7 nitrogen and oxygen atoms in total. The highest BCUT2D eigenvalue weighted by molar-refractivity contribution is 5.93. The first-order chi connectivity index (χ1) is 8.74. The first-order valence-corrected chi connectivity index (χ1v) is 5.47. The Hall–Kier alpha value is -2.17. The van der Waals surface area contributed by atoms with Gasteiger partial charge in [0.05, 0.1) is 24.9 Å². The molecule has 1 saturated heterocycles. The summed E-state index contributed by atoms with van der Waals surface area (Å²) >= 11 is 0. The van der Waals surface area contributed by atoms with Crippen LogP contribution in [0.15, 0.2) is 18.3 Å². The molecule has 7 heteroatoms. The molecule has 0 spiro atoms. The Labute approximate surface area is 104 Å². The number of amides is 1. The van der Waals surface area contributed by atoms with Gasteiger partial charge in [0.25, 0.3) is 5.91 Å². The van der Waals surface area contributed by atoms with Crippen molar-refractivity contribution in [3.05, 3.63) is 24.0 Å². The van der Waals surface area contributed by atoms with E-state index in [0.717, 1.165) is 0 Å². The van der Waals surface area contributed by atoms with E-state index in [-0.39, 0.29) is 12.5 Å². The van der Waals surface area contributed by atoms with Crippen LogP contribution in [-0.4, -0.2) is 41.6 Å². The zero-order valence-electron chi connectivity index (χ0n) is 9.67. The van der Waals surface area contributed by atoms with Gasteiger partial charge < -0.3 is 15.1 Å². The van der Waals surface area contributed by atoms with Crippen LogP contribution in [0.5, 0.6) is 0 Å². The number of hydrogen-bond donors (Lipinski definition) is 2. The van der Waals surface area contributed by atoms with Crippen LogP contribution in [0, 0.1) is 11.3 Å². The van der Waals surface area contributed by atoms with Gasteiger partial charge in [0, 0.05) is 12.7 Å². The minimum atomic E-state index is -0.571. The molecule has 0 saturated carbocycles. The lowest BCUT2D eigenvalue weighted by atomic mass is 10.2. The summed E-state index contributed by atoms with van der Waals surface area (Å²) < 4.78 is 5.18. The molecule has 2 heterocycles. The fraction of sp³-hybridized carbons (Fsp3) is 0.364. The average molecular weight is 247 g/mol. The van der Waals surface area contributed by atoms with Gasteiger partial charge in [0.2, 0.25) is 0 Å². The van der Waals surface area contributed by atoms with Crippen molar-refractivity contribution in [3.63, 3.8) is 0 Å². The van der Waals surface area contributed by atoms with Crippen molar-refractivity contribution in [1.29, 1.82) is 5.26 Å². The van der Waals surface area contributed by atoms with Crippen LogP contribution < -0.4 is 11.3 Å². The van der Waals surface area contributed by atoms with Crippen LogP contribution in [0.3, 0.4) is 0 Å². The molecule has 1 unspecified atom stereocenters. The smallest absolute Gasteiger partial charge is 0.272 e. The van der Waals surface area contributed by atoms with Crippen molar-refractivity contribution in [2.24, 2.45) is 5.84 Å². The summed E-state index contributed by atoms with van der Waals surface area (Å²) in [6, 6.07) is 5.22. The molecule has 1 fully saturated rings. The molecule has 2 rings (SSSR count). The molecule has 3 N–H and O–H groups in total. The maximum atomic E-state index is 12.2. The number of nitrogens with zero attached hydrogens (tertiary/aromatic N) is 3. The molecule has 1 aliphatic heterocycles. The molecular formula is C11H13N5O2. The summed E-state index contributed by atoms with van der Waals surface area (Å²) in [6.07, 6.45) is 0.934. The number of aromatic nitrogens is 1. The fourth-order valence-corrected chi connectivity index (χ4v) is 1.71. The SMILES string of the molecule is N#CC1CN(C(=O)c2cc(NN)ccn2)CCO1. The molecule has 0 aliphatic carbocycles. The second-order valence-electron chi connectivity index (χ2n) is 3.81. The van der Waals surface area contributed by atoms with Crippen LogP contribution in [0.4, 0.5) is 5.69 Å². The Balaban J connectivity index is 2.13. The number of ether oxygens (including phenoxy) is 1. The number of carbonyl (C=O) groups is 1. The van der Waals surface area contributed by atoms with Crippen LogP contribution in [0.1, 0.15) is 10.5 Å². The second kappa shape index (κ2) is 5.44. The molecular weight excluding hydrogens is 234 g/mol. The second-order valence-corrected chi connectivity index (χ2v) is 3.81.